The first-order valence-electron chi connectivity index (χ1n) is 7.50. The number of amides is 4. The largest absolute Gasteiger partial charge is 0.326 e. The van der Waals surface area contributed by atoms with Gasteiger partial charge in [0, 0.05) is 13.0 Å². The van der Waals surface area contributed by atoms with Gasteiger partial charge in [-0.05, 0) is 24.1 Å². The molecule has 140 valence electrons. The average molecular weight is 383 g/mol. The molecule has 1 aromatic carbocycles. The predicted octanol–water partition coefficient (Wildman–Crippen LogP) is -0.949. The van der Waals surface area contributed by atoms with Gasteiger partial charge in [0.1, 0.15) is 6.04 Å². The van der Waals surface area contributed by atoms with Crippen LogP contribution in [-0.4, -0.2) is 53.8 Å². The average Bonchev–Trinajstić information content (AvgIpc) is 2.77. The zero-order valence-electron chi connectivity index (χ0n) is 13.8. The van der Waals surface area contributed by atoms with Crippen molar-refractivity contribution in [3.63, 3.8) is 0 Å². The number of benzene rings is 1. The summed E-state index contributed by atoms with van der Waals surface area (Å²) in [5.74, 6) is -2.02. The molecule has 0 radical (unpaired) electrons. The van der Waals surface area contributed by atoms with Gasteiger partial charge in [-0.2, -0.15) is 8.42 Å². The van der Waals surface area contributed by atoms with Gasteiger partial charge >= 0.3 is 0 Å². The fraction of sp³-hybridized carbons (Fsp3) is 0.333. The Morgan fingerprint density at radius 1 is 1.19 bits per heavy atom. The van der Waals surface area contributed by atoms with E-state index in [4.69, 9.17) is 10.3 Å². The van der Waals surface area contributed by atoms with Crippen LogP contribution < -0.4 is 11.1 Å². The lowest BCUT2D eigenvalue weighted by Gasteiger charge is -2.27. The number of rotatable bonds is 2. The number of carbonyl (C=O) groups is 4. The molecule has 1 saturated heterocycles. The summed E-state index contributed by atoms with van der Waals surface area (Å²) in [6.07, 6.45) is 0.977. The molecule has 1 unspecified atom stereocenters. The van der Waals surface area contributed by atoms with Gasteiger partial charge in [0.25, 0.3) is 21.9 Å². The summed E-state index contributed by atoms with van der Waals surface area (Å²) >= 11 is 0. The lowest BCUT2D eigenvalue weighted by molar-refractivity contribution is -0.136. The minimum absolute atomic E-state index is 0.109. The van der Waals surface area contributed by atoms with Crippen molar-refractivity contribution in [2.45, 2.75) is 25.4 Å². The van der Waals surface area contributed by atoms with Gasteiger partial charge in [-0.25, -0.2) is 0 Å². The van der Waals surface area contributed by atoms with Crippen molar-refractivity contribution >= 4 is 33.7 Å². The third-order valence-corrected chi connectivity index (χ3v) is 3.74. The summed E-state index contributed by atoms with van der Waals surface area (Å²) in [6.45, 7) is 0.257. The summed E-state index contributed by atoms with van der Waals surface area (Å²) in [7, 11) is -3.67. The summed E-state index contributed by atoms with van der Waals surface area (Å²) in [6, 6.07) is 3.86. The molecule has 0 saturated carbocycles. The van der Waals surface area contributed by atoms with Gasteiger partial charge in [-0.1, -0.05) is 6.07 Å². The van der Waals surface area contributed by atoms with Crippen molar-refractivity contribution in [2.75, 3.05) is 6.26 Å². The lowest BCUT2D eigenvalue weighted by atomic mass is 10.0. The Morgan fingerprint density at radius 2 is 1.77 bits per heavy atom. The quantitative estimate of drug-likeness (QED) is 0.434. The second-order valence-electron chi connectivity index (χ2n) is 5.76. The first-order chi connectivity index (χ1) is 12.0. The highest BCUT2D eigenvalue weighted by Gasteiger charge is 2.44. The van der Waals surface area contributed by atoms with Crippen molar-refractivity contribution in [1.82, 2.24) is 10.2 Å². The molecule has 2 heterocycles. The van der Waals surface area contributed by atoms with E-state index in [-0.39, 0.29) is 30.5 Å². The van der Waals surface area contributed by atoms with Crippen LogP contribution in [0, 0.1) is 0 Å². The molecule has 2 aliphatic rings. The number of piperidine rings is 1. The topological polar surface area (TPSA) is 164 Å². The van der Waals surface area contributed by atoms with E-state index in [1.807, 2.05) is 0 Å². The van der Waals surface area contributed by atoms with Crippen LogP contribution in [0.1, 0.15) is 39.1 Å². The van der Waals surface area contributed by atoms with E-state index in [1.165, 1.54) is 0 Å². The summed E-state index contributed by atoms with van der Waals surface area (Å²) in [4.78, 5) is 48.7. The SMILES string of the molecule is CS(=O)(=O)O.NCc1ccc2c(c1)C(=O)N(C1CCC(=O)NC1=O)C2=O. The molecule has 3 rings (SSSR count). The molecule has 0 aliphatic carbocycles. The Morgan fingerprint density at radius 3 is 2.31 bits per heavy atom. The molecule has 0 aromatic heterocycles. The molecular formula is C15H17N3O7S. The van der Waals surface area contributed by atoms with E-state index in [1.54, 1.807) is 18.2 Å². The molecule has 10 nitrogen and oxygen atoms in total. The van der Waals surface area contributed by atoms with Gasteiger partial charge in [-0.3, -0.25) is 33.9 Å². The third-order valence-electron chi connectivity index (χ3n) is 3.74. The van der Waals surface area contributed by atoms with Crippen molar-refractivity contribution in [3.05, 3.63) is 34.9 Å². The summed E-state index contributed by atoms with van der Waals surface area (Å²) in [5, 5.41) is 2.15. The molecule has 1 aromatic rings. The molecule has 2 aliphatic heterocycles. The Balaban J connectivity index is 0.000000431. The van der Waals surface area contributed by atoms with Gasteiger partial charge in [-0.15, -0.1) is 0 Å². The first kappa shape index (κ1) is 19.7. The molecule has 11 heteroatoms. The zero-order chi connectivity index (χ0) is 19.6. The third kappa shape index (κ3) is 4.31. The van der Waals surface area contributed by atoms with Gasteiger partial charge in [0.15, 0.2) is 0 Å². The highest BCUT2D eigenvalue weighted by molar-refractivity contribution is 7.85. The van der Waals surface area contributed by atoms with Crippen LogP contribution in [0.2, 0.25) is 0 Å². The maximum Gasteiger partial charge on any atom is 0.262 e. The highest BCUT2D eigenvalue weighted by Crippen LogP contribution is 2.28. The molecular weight excluding hydrogens is 366 g/mol. The van der Waals surface area contributed by atoms with E-state index in [9.17, 15) is 27.6 Å². The molecule has 1 atom stereocenters. The number of nitrogens with one attached hydrogen (secondary N) is 1. The second-order valence-corrected chi connectivity index (χ2v) is 7.23. The Kier molecular flexibility index (Phi) is 5.54. The van der Waals surface area contributed by atoms with E-state index < -0.39 is 39.8 Å². The van der Waals surface area contributed by atoms with Crippen molar-refractivity contribution in [1.29, 1.82) is 0 Å². The normalized spacial score (nSPS) is 19.7. The minimum Gasteiger partial charge on any atom is -0.326 e. The number of imide groups is 2. The van der Waals surface area contributed by atoms with Crippen molar-refractivity contribution in [2.24, 2.45) is 5.73 Å². The molecule has 4 N–H and O–H groups in total. The maximum absolute atomic E-state index is 12.4. The number of fused-ring (bicyclic) bond motifs is 1. The maximum atomic E-state index is 12.4. The first-order valence-corrected chi connectivity index (χ1v) is 9.34. The number of carbonyl (C=O) groups excluding carboxylic acids is 4. The van der Waals surface area contributed by atoms with Crippen LogP contribution in [-0.2, 0) is 26.3 Å². The van der Waals surface area contributed by atoms with Crippen LogP contribution in [0.15, 0.2) is 18.2 Å². The van der Waals surface area contributed by atoms with Gasteiger partial charge in [0.2, 0.25) is 11.8 Å². The van der Waals surface area contributed by atoms with Gasteiger partial charge < -0.3 is 5.73 Å². The minimum atomic E-state index is -3.67. The van der Waals surface area contributed by atoms with E-state index in [0.717, 1.165) is 10.5 Å². The number of hydrogen-bond acceptors (Lipinski definition) is 7. The van der Waals surface area contributed by atoms with Crippen LogP contribution >= 0.6 is 0 Å². The fourth-order valence-electron chi connectivity index (χ4n) is 2.65. The summed E-state index contributed by atoms with van der Waals surface area (Å²) < 4.78 is 25.9. The van der Waals surface area contributed by atoms with Crippen LogP contribution in [0.4, 0.5) is 0 Å². The van der Waals surface area contributed by atoms with E-state index in [0.29, 0.717) is 6.26 Å². The highest BCUT2D eigenvalue weighted by atomic mass is 32.2. The second kappa shape index (κ2) is 7.32. The fourth-order valence-corrected chi connectivity index (χ4v) is 2.65. The van der Waals surface area contributed by atoms with E-state index in [2.05, 4.69) is 5.32 Å². The van der Waals surface area contributed by atoms with Gasteiger partial charge in [0.05, 0.1) is 17.4 Å². The molecule has 1 fully saturated rings. The number of nitrogens with zero attached hydrogens (tertiary/aromatic N) is 1. The Hall–Kier alpha value is -2.63. The summed E-state index contributed by atoms with van der Waals surface area (Å²) in [5.41, 5.74) is 6.79. The lowest BCUT2D eigenvalue weighted by Crippen LogP contribution is -2.54. The van der Waals surface area contributed by atoms with Crippen LogP contribution in [0.5, 0.6) is 0 Å². The van der Waals surface area contributed by atoms with Crippen molar-refractivity contribution < 1.29 is 32.1 Å². The van der Waals surface area contributed by atoms with Crippen molar-refractivity contribution in [3.8, 4) is 0 Å². The van der Waals surface area contributed by atoms with Crippen LogP contribution in [0.25, 0.3) is 0 Å². The molecule has 0 spiro atoms. The standard InChI is InChI=1S/C14H13N3O4.CH4O3S/c15-6-7-1-2-8-9(5-7)14(21)17(13(8)20)10-3-4-11(18)16-12(10)19;1-5(2,3)4/h1-2,5,10H,3-4,6,15H2,(H,16,18,19);1H3,(H,2,3,4). The van der Waals surface area contributed by atoms with E-state index >= 15 is 0 Å². The Bertz CT molecular complexity index is 887. The zero-order valence-corrected chi connectivity index (χ0v) is 14.6. The molecule has 0 bridgehead atoms. The number of hydrogen-bond donors (Lipinski definition) is 3. The molecule has 26 heavy (non-hydrogen) atoms. The van der Waals surface area contributed by atoms with Crippen LogP contribution in [0.3, 0.4) is 0 Å². The molecule has 4 amide bonds. The smallest absolute Gasteiger partial charge is 0.262 e. The number of nitrogens with two attached hydrogens (primary N) is 1. The predicted molar refractivity (Wildman–Crippen MR) is 88.5 cm³/mol. The Labute approximate surface area is 149 Å². The monoisotopic (exact) mass is 383 g/mol.